The largest absolute Gasteiger partial charge is 0.452 e. The number of nitrogen functional groups attached to an aromatic ring is 1. The van der Waals surface area contributed by atoms with Gasteiger partial charge in [-0.2, -0.15) is 0 Å². The summed E-state index contributed by atoms with van der Waals surface area (Å²) in [5, 5.41) is 13.3. The van der Waals surface area contributed by atoms with Crippen LogP contribution >= 0.6 is 0 Å². The maximum atomic E-state index is 12.0. The van der Waals surface area contributed by atoms with Crippen LogP contribution < -0.4 is 11.1 Å². The first-order chi connectivity index (χ1) is 12.8. The number of nitrogens with two attached hydrogens (primary N) is 1. The molecule has 8 heteroatoms. The molecule has 8 nitrogen and oxygen atoms in total. The van der Waals surface area contributed by atoms with Crippen LogP contribution in [0.3, 0.4) is 0 Å². The molecule has 0 saturated heterocycles. The van der Waals surface area contributed by atoms with Gasteiger partial charge in [-0.15, -0.1) is 0 Å². The predicted molar refractivity (Wildman–Crippen MR) is 102 cm³/mol. The summed E-state index contributed by atoms with van der Waals surface area (Å²) in [5.41, 5.74) is 7.05. The molecule has 2 aromatic rings. The minimum atomic E-state index is -0.829. The van der Waals surface area contributed by atoms with E-state index in [0.29, 0.717) is 11.6 Å². The van der Waals surface area contributed by atoms with Gasteiger partial charge in [-0.25, -0.2) is 4.79 Å². The lowest BCUT2D eigenvalue weighted by atomic mass is 9.99. The van der Waals surface area contributed by atoms with Crippen molar-refractivity contribution in [2.24, 2.45) is 0 Å². The van der Waals surface area contributed by atoms with E-state index in [1.165, 1.54) is 11.6 Å². The Bertz CT molecular complexity index is 849. The van der Waals surface area contributed by atoms with Crippen LogP contribution in [0.15, 0.2) is 42.5 Å². The number of anilines is 2. The molecule has 0 radical (unpaired) electrons. The van der Waals surface area contributed by atoms with E-state index in [4.69, 9.17) is 10.5 Å². The molecule has 0 bridgehead atoms. The smallest absolute Gasteiger partial charge is 0.340 e. The van der Waals surface area contributed by atoms with E-state index >= 15 is 0 Å². The predicted octanol–water partition coefficient (Wildman–Crippen LogP) is 3.49. The van der Waals surface area contributed by atoms with Crippen LogP contribution in [0, 0.1) is 10.1 Å². The first-order valence-corrected chi connectivity index (χ1v) is 8.42. The molecule has 1 atom stereocenters. The van der Waals surface area contributed by atoms with E-state index in [1.807, 2.05) is 12.1 Å². The molecule has 0 spiro atoms. The molecule has 3 N–H and O–H groups in total. The van der Waals surface area contributed by atoms with Crippen LogP contribution in [0.2, 0.25) is 0 Å². The number of nitro benzene ring substituents is 1. The van der Waals surface area contributed by atoms with Gasteiger partial charge >= 0.3 is 5.97 Å². The summed E-state index contributed by atoms with van der Waals surface area (Å²) in [7, 11) is 0. The number of carbonyl (C=O) groups excluding carboxylic acids is 2. The number of carbonyl (C=O) groups is 2. The fourth-order valence-electron chi connectivity index (χ4n) is 2.39. The molecule has 0 heterocycles. The topological polar surface area (TPSA) is 125 Å². The Labute approximate surface area is 156 Å². The number of nitrogens with zero attached hydrogens (tertiary/aromatic N) is 1. The van der Waals surface area contributed by atoms with Gasteiger partial charge in [0.05, 0.1) is 16.2 Å². The number of hydrogen-bond donors (Lipinski definition) is 2. The lowest BCUT2D eigenvalue weighted by molar-refractivity contribution is -0.384. The minimum absolute atomic E-state index is 0.0358. The van der Waals surface area contributed by atoms with Crippen molar-refractivity contribution in [1.29, 1.82) is 0 Å². The van der Waals surface area contributed by atoms with Gasteiger partial charge in [0.25, 0.3) is 11.6 Å². The summed E-state index contributed by atoms with van der Waals surface area (Å²) in [5.74, 6) is -0.896. The molecule has 0 saturated carbocycles. The Morgan fingerprint density at radius 3 is 2.44 bits per heavy atom. The number of esters is 1. The Hall–Kier alpha value is -3.42. The third-order valence-corrected chi connectivity index (χ3v) is 4.18. The first kappa shape index (κ1) is 19.9. The number of hydrogen-bond acceptors (Lipinski definition) is 6. The van der Waals surface area contributed by atoms with Gasteiger partial charge in [0.1, 0.15) is 0 Å². The second-order valence-electron chi connectivity index (χ2n) is 6.08. The van der Waals surface area contributed by atoms with Gasteiger partial charge in [0, 0.05) is 17.8 Å². The van der Waals surface area contributed by atoms with Crippen molar-refractivity contribution >= 4 is 28.9 Å². The Morgan fingerprint density at radius 1 is 1.22 bits per heavy atom. The van der Waals surface area contributed by atoms with Crippen molar-refractivity contribution in [2.45, 2.75) is 26.2 Å². The number of rotatable bonds is 7. The molecule has 0 aromatic heterocycles. The van der Waals surface area contributed by atoms with Crippen LogP contribution in [0.25, 0.3) is 0 Å². The fourth-order valence-corrected chi connectivity index (χ4v) is 2.39. The standard InChI is InChI=1S/C19H21N3O5/c1-3-12(2)13-4-6-14(7-5-13)21-18(23)11-27-19(24)16-9-8-15(22(25)26)10-17(16)20/h4-10,12H,3,11,20H2,1-2H3,(H,21,23)/t12-/m0/s1. The van der Waals surface area contributed by atoms with E-state index in [1.54, 1.807) is 12.1 Å². The van der Waals surface area contributed by atoms with Crippen molar-refractivity contribution in [2.75, 3.05) is 17.7 Å². The third-order valence-electron chi connectivity index (χ3n) is 4.18. The SMILES string of the molecule is CC[C@H](C)c1ccc(NC(=O)COC(=O)c2ccc([N+](=O)[O-])cc2N)cc1. The minimum Gasteiger partial charge on any atom is -0.452 e. The number of nitrogens with one attached hydrogen (secondary N) is 1. The van der Waals surface area contributed by atoms with Gasteiger partial charge in [0.15, 0.2) is 6.61 Å². The molecule has 2 aromatic carbocycles. The summed E-state index contributed by atoms with van der Waals surface area (Å²) in [6, 6.07) is 10.9. The number of ether oxygens (including phenoxy) is 1. The average Bonchev–Trinajstić information content (AvgIpc) is 2.65. The van der Waals surface area contributed by atoms with Crippen molar-refractivity contribution in [3.8, 4) is 0 Å². The molecule has 142 valence electrons. The van der Waals surface area contributed by atoms with Crippen molar-refractivity contribution in [3.05, 3.63) is 63.7 Å². The number of nitro groups is 1. The highest BCUT2D eigenvalue weighted by Crippen LogP contribution is 2.21. The van der Waals surface area contributed by atoms with Gasteiger partial charge in [-0.1, -0.05) is 26.0 Å². The number of non-ortho nitro benzene ring substituents is 1. The van der Waals surface area contributed by atoms with Gasteiger partial charge < -0.3 is 15.8 Å². The van der Waals surface area contributed by atoms with Gasteiger partial charge in [-0.05, 0) is 36.1 Å². The van der Waals surface area contributed by atoms with Crippen LogP contribution in [0.1, 0.15) is 42.1 Å². The molecular formula is C19H21N3O5. The summed E-state index contributed by atoms with van der Waals surface area (Å²) in [6.07, 6.45) is 1.02. The lowest BCUT2D eigenvalue weighted by Crippen LogP contribution is -2.21. The number of benzene rings is 2. The lowest BCUT2D eigenvalue weighted by Gasteiger charge is -2.11. The van der Waals surface area contributed by atoms with Crippen molar-refractivity contribution in [1.82, 2.24) is 0 Å². The molecule has 0 fully saturated rings. The Morgan fingerprint density at radius 2 is 1.89 bits per heavy atom. The van der Waals surface area contributed by atoms with Crippen molar-refractivity contribution in [3.63, 3.8) is 0 Å². The third kappa shape index (κ3) is 5.27. The Balaban J connectivity index is 1.91. The molecule has 0 aliphatic heterocycles. The normalized spacial score (nSPS) is 11.5. The summed E-state index contributed by atoms with van der Waals surface area (Å²) >= 11 is 0. The maximum Gasteiger partial charge on any atom is 0.340 e. The summed E-state index contributed by atoms with van der Waals surface area (Å²) in [6.45, 7) is 3.73. The van der Waals surface area contributed by atoms with E-state index in [0.717, 1.165) is 18.6 Å². The highest BCUT2D eigenvalue weighted by molar-refractivity contribution is 5.98. The van der Waals surface area contributed by atoms with Crippen LogP contribution in [0.5, 0.6) is 0 Å². The molecule has 2 rings (SSSR count). The molecule has 0 aliphatic rings. The van der Waals surface area contributed by atoms with Gasteiger partial charge in [0.2, 0.25) is 0 Å². The van der Waals surface area contributed by atoms with Crippen LogP contribution in [-0.4, -0.2) is 23.4 Å². The maximum absolute atomic E-state index is 12.0. The monoisotopic (exact) mass is 371 g/mol. The average molecular weight is 371 g/mol. The molecule has 1 amide bonds. The zero-order valence-corrected chi connectivity index (χ0v) is 15.1. The molecule has 0 unspecified atom stereocenters. The van der Waals surface area contributed by atoms with E-state index in [2.05, 4.69) is 19.2 Å². The molecule has 27 heavy (non-hydrogen) atoms. The van der Waals surface area contributed by atoms with E-state index in [9.17, 15) is 19.7 Å². The number of amides is 1. The van der Waals surface area contributed by atoms with E-state index in [-0.39, 0.29) is 16.9 Å². The second kappa shape index (κ2) is 8.79. The van der Waals surface area contributed by atoms with E-state index < -0.39 is 23.4 Å². The molecule has 0 aliphatic carbocycles. The first-order valence-electron chi connectivity index (χ1n) is 8.42. The summed E-state index contributed by atoms with van der Waals surface area (Å²) in [4.78, 5) is 34.0. The zero-order chi connectivity index (χ0) is 20.0. The molecular weight excluding hydrogens is 350 g/mol. The Kier molecular flexibility index (Phi) is 6.48. The highest BCUT2D eigenvalue weighted by Gasteiger charge is 2.16. The second-order valence-corrected chi connectivity index (χ2v) is 6.08. The fraction of sp³-hybridized carbons (Fsp3) is 0.263. The quantitative estimate of drug-likeness (QED) is 0.332. The van der Waals surface area contributed by atoms with Crippen molar-refractivity contribution < 1.29 is 19.2 Å². The zero-order valence-electron chi connectivity index (χ0n) is 15.1. The van der Waals surface area contributed by atoms with Crippen LogP contribution in [-0.2, 0) is 9.53 Å². The summed E-state index contributed by atoms with van der Waals surface area (Å²) < 4.78 is 4.92. The van der Waals surface area contributed by atoms with Gasteiger partial charge in [-0.3, -0.25) is 14.9 Å². The van der Waals surface area contributed by atoms with Crippen LogP contribution in [0.4, 0.5) is 17.1 Å². The highest BCUT2D eigenvalue weighted by atomic mass is 16.6.